The minimum Gasteiger partial charge on any atom is -0.349 e. The Balaban J connectivity index is 1.62. The molecule has 0 spiro atoms. The van der Waals surface area contributed by atoms with Gasteiger partial charge in [-0.05, 0) is 80.0 Å². The van der Waals surface area contributed by atoms with E-state index in [1.165, 1.54) is 11.1 Å². The van der Waals surface area contributed by atoms with E-state index >= 15 is 0 Å². The molecule has 0 radical (unpaired) electrons. The first-order chi connectivity index (χ1) is 16.0. The molecule has 0 fully saturated rings. The fourth-order valence-corrected chi connectivity index (χ4v) is 6.17. The van der Waals surface area contributed by atoms with Crippen LogP contribution >= 0.6 is 11.6 Å². The van der Waals surface area contributed by atoms with E-state index in [0.717, 1.165) is 31.4 Å². The van der Waals surface area contributed by atoms with Crippen LogP contribution in [0.1, 0.15) is 73.9 Å². The fraction of sp³-hybridized carbons (Fsp3) is 0.500. The summed E-state index contributed by atoms with van der Waals surface area (Å²) in [6, 6.07) is 9.51. The molecule has 0 unspecified atom stereocenters. The topological polar surface area (TPSA) is 87.3 Å². The molecule has 0 saturated heterocycles. The number of hydrogen-bond donors (Lipinski definition) is 3. The monoisotopic (exact) mass is 505 g/mol. The molecule has 3 N–H and O–H groups in total. The van der Waals surface area contributed by atoms with Crippen molar-refractivity contribution < 1.29 is 13.2 Å². The molecule has 0 heterocycles. The molecule has 1 aliphatic carbocycles. The van der Waals surface area contributed by atoms with Gasteiger partial charge < -0.3 is 10.6 Å². The summed E-state index contributed by atoms with van der Waals surface area (Å²) in [5.74, 6) is -0.164. The van der Waals surface area contributed by atoms with Crippen LogP contribution in [0.5, 0.6) is 0 Å². The molecule has 0 aromatic heterocycles. The van der Waals surface area contributed by atoms with Crippen molar-refractivity contribution in [2.45, 2.75) is 89.9 Å². The summed E-state index contributed by atoms with van der Waals surface area (Å²) in [6.07, 6.45) is 2.96. The standard InChI is InChI=1S/C26H36ClN3O3S/c1-16(2)28-15-20-9-10-22-21(14-20)7-6-8-24(22)29-26(31)13-19(5)30-34(32,33)25-12-17(3)23(27)11-18(25)4/h9-12,14,16,19,24,28,30H,6-8,13,15H2,1-5H3,(H,29,31)/t19-,24+/m0/s1. The largest absolute Gasteiger partial charge is 0.349 e. The third-order valence-corrected chi connectivity index (χ3v) is 8.30. The number of rotatable bonds is 9. The number of nitrogens with one attached hydrogen (secondary N) is 3. The first kappa shape index (κ1) is 26.7. The summed E-state index contributed by atoms with van der Waals surface area (Å²) in [6.45, 7) is 10.3. The lowest BCUT2D eigenvalue weighted by Crippen LogP contribution is -2.39. The molecule has 0 saturated carbocycles. The third kappa shape index (κ3) is 6.81. The van der Waals surface area contributed by atoms with Gasteiger partial charge in [0.1, 0.15) is 0 Å². The van der Waals surface area contributed by atoms with Crippen LogP contribution in [-0.4, -0.2) is 26.4 Å². The number of amides is 1. The normalized spacial score (nSPS) is 16.9. The number of sulfonamides is 1. The van der Waals surface area contributed by atoms with Crippen LogP contribution < -0.4 is 15.4 Å². The average molecular weight is 506 g/mol. The lowest BCUT2D eigenvalue weighted by molar-refractivity contribution is -0.122. The first-order valence-corrected chi connectivity index (χ1v) is 13.8. The summed E-state index contributed by atoms with van der Waals surface area (Å²) < 4.78 is 28.4. The zero-order valence-corrected chi connectivity index (χ0v) is 22.2. The van der Waals surface area contributed by atoms with Crippen molar-refractivity contribution in [3.63, 3.8) is 0 Å². The maximum absolute atomic E-state index is 12.9. The Kier molecular flexibility index (Phi) is 8.79. The molecule has 34 heavy (non-hydrogen) atoms. The second-order valence-electron chi connectivity index (χ2n) is 9.67. The number of carbonyl (C=O) groups excluding carboxylic acids is 1. The Morgan fingerprint density at radius 1 is 1.12 bits per heavy atom. The van der Waals surface area contributed by atoms with Gasteiger partial charge in [-0.25, -0.2) is 13.1 Å². The predicted molar refractivity (Wildman–Crippen MR) is 138 cm³/mol. The van der Waals surface area contributed by atoms with Crippen molar-refractivity contribution in [1.29, 1.82) is 0 Å². The molecule has 186 valence electrons. The highest BCUT2D eigenvalue weighted by Gasteiger charge is 2.25. The highest BCUT2D eigenvalue weighted by Crippen LogP contribution is 2.31. The Bertz CT molecular complexity index is 1150. The highest BCUT2D eigenvalue weighted by atomic mass is 35.5. The van der Waals surface area contributed by atoms with Crippen LogP contribution in [0.15, 0.2) is 35.2 Å². The molecule has 0 bridgehead atoms. The van der Waals surface area contributed by atoms with E-state index in [0.29, 0.717) is 22.2 Å². The number of carbonyl (C=O) groups is 1. The molecule has 6 nitrogen and oxygen atoms in total. The number of benzene rings is 2. The van der Waals surface area contributed by atoms with Crippen LogP contribution in [0.3, 0.4) is 0 Å². The maximum Gasteiger partial charge on any atom is 0.241 e. The summed E-state index contributed by atoms with van der Waals surface area (Å²) in [5.41, 5.74) is 4.95. The Labute approximate surface area is 208 Å². The molecule has 2 aromatic carbocycles. The van der Waals surface area contributed by atoms with Crippen LogP contribution in [0.25, 0.3) is 0 Å². The number of aryl methyl sites for hydroxylation is 3. The second kappa shape index (κ2) is 11.2. The maximum atomic E-state index is 12.9. The van der Waals surface area contributed by atoms with Crippen molar-refractivity contribution in [3.05, 3.63) is 63.2 Å². The van der Waals surface area contributed by atoms with E-state index in [-0.39, 0.29) is 23.3 Å². The molecule has 3 rings (SSSR count). The minimum atomic E-state index is -3.77. The number of halogens is 1. The predicted octanol–water partition coefficient (Wildman–Crippen LogP) is 4.71. The van der Waals surface area contributed by atoms with Crippen molar-refractivity contribution >= 4 is 27.5 Å². The molecule has 8 heteroatoms. The van der Waals surface area contributed by atoms with Crippen molar-refractivity contribution in [2.75, 3.05) is 0 Å². The quantitative estimate of drug-likeness (QED) is 0.460. The van der Waals surface area contributed by atoms with Gasteiger partial charge in [-0.1, -0.05) is 43.6 Å². The van der Waals surface area contributed by atoms with Gasteiger partial charge in [0, 0.05) is 30.1 Å². The van der Waals surface area contributed by atoms with Crippen molar-refractivity contribution in [2.24, 2.45) is 0 Å². The number of hydrogen-bond acceptors (Lipinski definition) is 4. The van der Waals surface area contributed by atoms with E-state index in [2.05, 4.69) is 47.4 Å². The second-order valence-corrected chi connectivity index (χ2v) is 11.8. The molecular formula is C26H36ClN3O3S. The zero-order valence-electron chi connectivity index (χ0n) is 20.7. The molecule has 2 atom stereocenters. The van der Waals surface area contributed by atoms with Gasteiger partial charge in [0.25, 0.3) is 0 Å². The Morgan fingerprint density at radius 2 is 1.85 bits per heavy atom. The van der Waals surface area contributed by atoms with Gasteiger partial charge in [-0.15, -0.1) is 0 Å². The Hall–Kier alpha value is -1.93. The lowest BCUT2D eigenvalue weighted by atomic mass is 9.86. The van der Waals surface area contributed by atoms with Crippen LogP contribution in [0, 0.1) is 13.8 Å². The van der Waals surface area contributed by atoms with E-state index < -0.39 is 16.1 Å². The fourth-order valence-electron chi connectivity index (χ4n) is 4.39. The van der Waals surface area contributed by atoms with Gasteiger partial charge in [0.15, 0.2) is 0 Å². The molecule has 0 aliphatic heterocycles. The Morgan fingerprint density at radius 3 is 2.56 bits per heavy atom. The molecule has 2 aromatic rings. The van der Waals surface area contributed by atoms with Crippen molar-refractivity contribution in [1.82, 2.24) is 15.4 Å². The minimum absolute atomic E-state index is 0.0478. The van der Waals surface area contributed by atoms with E-state index in [1.54, 1.807) is 32.9 Å². The highest BCUT2D eigenvalue weighted by molar-refractivity contribution is 7.89. The van der Waals surface area contributed by atoms with E-state index in [1.807, 2.05) is 0 Å². The molecular weight excluding hydrogens is 470 g/mol. The summed E-state index contributed by atoms with van der Waals surface area (Å²) in [7, 11) is -3.77. The van der Waals surface area contributed by atoms with Gasteiger partial charge in [0.2, 0.25) is 15.9 Å². The molecule has 1 amide bonds. The smallest absolute Gasteiger partial charge is 0.241 e. The van der Waals surface area contributed by atoms with Crippen LogP contribution in [0.2, 0.25) is 5.02 Å². The first-order valence-electron chi connectivity index (χ1n) is 11.9. The van der Waals surface area contributed by atoms with E-state index in [4.69, 9.17) is 11.6 Å². The number of fused-ring (bicyclic) bond motifs is 1. The van der Waals surface area contributed by atoms with Gasteiger partial charge in [-0.3, -0.25) is 4.79 Å². The van der Waals surface area contributed by atoms with Gasteiger partial charge in [0.05, 0.1) is 10.9 Å². The summed E-state index contributed by atoms with van der Waals surface area (Å²) in [5, 5.41) is 7.09. The summed E-state index contributed by atoms with van der Waals surface area (Å²) in [4.78, 5) is 13.0. The lowest BCUT2D eigenvalue weighted by Gasteiger charge is -2.27. The van der Waals surface area contributed by atoms with Crippen LogP contribution in [-0.2, 0) is 27.8 Å². The van der Waals surface area contributed by atoms with Gasteiger partial charge in [-0.2, -0.15) is 0 Å². The summed E-state index contributed by atoms with van der Waals surface area (Å²) >= 11 is 6.10. The third-order valence-electron chi connectivity index (χ3n) is 6.17. The molecule has 1 aliphatic rings. The SMILES string of the molecule is Cc1cc(S(=O)(=O)N[C@@H](C)CC(=O)N[C@@H]2CCCc3cc(CNC(C)C)ccc32)c(C)cc1Cl. The average Bonchev–Trinajstić information content (AvgIpc) is 2.74. The zero-order chi connectivity index (χ0) is 25.0. The van der Waals surface area contributed by atoms with Crippen molar-refractivity contribution in [3.8, 4) is 0 Å². The van der Waals surface area contributed by atoms with E-state index in [9.17, 15) is 13.2 Å². The van der Waals surface area contributed by atoms with Crippen LogP contribution in [0.4, 0.5) is 0 Å². The van der Waals surface area contributed by atoms with Gasteiger partial charge >= 0.3 is 0 Å².